The quantitative estimate of drug-likeness (QED) is 0.773. The highest BCUT2D eigenvalue weighted by molar-refractivity contribution is 5.77. The van der Waals surface area contributed by atoms with E-state index in [2.05, 4.69) is 37.6 Å². The predicted molar refractivity (Wildman–Crippen MR) is 80.3 cm³/mol. The number of nitrogens with zero attached hydrogens (tertiary/aromatic N) is 3. The van der Waals surface area contributed by atoms with Gasteiger partial charge in [0.15, 0.2) is 0 Å². The first-order valence-corrected chi connectivity index (χ1v) is 7.26. The molecule has 108 valence electrons. The van der Waals surface area contributed by atoms with Crippen LogP contribution in [-0.4, -0.2) is 32.4 Å². The van der Waals surface area contributed by atoms with Crippen LogP contribution >= 0.6 is 0 Å². The summed E-state index contributed by atoms with van der Waals surface area (Å²) in [5, 5.41) is 0. The molecule has 20 heavy (non-hydrogen) atoms. The molecule has 0 spiro atoms. The lowest BCUT2D eigenvalue weighted by molar-refractivity contribution is -0.135. The molecule has 0 bridgehead atoms. The smallest absolute Gasteiger partial charge is 0.243 e. The van der Waals surface area contributed by atoms with Crippen molar-refractivity contribution in [2.45, 2.75) is 51.7 Å². The highest BCUT2D eigenvalue weighted by atomic mass is 16.2. The second-order valence-corrected chi connectivity index (χ2v) is 5.21. The predicted octanol–water partition coefficient (Wildman–Crippen LogP) is 2.57. The SMILES string of the molecule is C=CC[C@@H]1CC=C[C@@H](C)N1C(=O)Cn1ccnc1CC. The standard InChI is InChI=1S/C16H23N3O/c1-4-7-14-9-6-8-13(3)19(14)16(20)12-18-11-10-17-15(18)5-2/h4,6,8,10-11,13-14H,1,5,7,9,12H2,2-3H3/t13-,14-/m1/s1. The molecular formula is C16H23N3O. The summed E-state index contributed by atoms with van der Waals surface area (Å²) in [4.78, 5) is 18.9. The van der Waals surface area contributed by atoms with E-state index in [1.807, 2.05) is 21.7 Å². The van der Waals surface area contributed by atoms with Crippen molar-refractivity contribution in [3.05, 3.63) is 43.0 Å². The average Bonchev–Trinajstić information content (AvgIpc) is 2.86. The molecular weight excluding hydrogens is 250 g/mol. The Morgan fingerprint density at radius 3 is 3.10 bits per heavy atom. The molecule has 4 nitrogen and oxygen atoms in total. The fourth-order valence-electron chi connectivity index (χ4n) is 2.83. The Kier molecular flexibility index (Phi) is 4.77. The molecule has 1 aromatic heterocycles. The number of hydrogen-bond acceptors (Lipinski definition) is 2. The van der Waals surface area contributed by atoms with E-state index in [4.69, 9.17) is 0 Å². The number of carbonyl (C=O) groups is 1. The molecule has 2 atom stereocenters. The third-order valence-corrected chi connectivity index (χ3v) is 3.81. The normalized spacial score (nSPS) is 22.0. The van der Waals surface area contributed by atoms with Gasteiger partial charge in [-0.3, -0.25) is 4.79 Å². The van der Waals surface area contributed by atoms with Crippen LogP contribution in [0.2, 0.25) is 0 Å². The van der Waals surface area contributed by atoms with Crippen molar-refractivity contribution >= 4 is 5.91 Å². The molecule has 0 saturated carbocycles. The highest BCUT2D eigenvalue weighted by Gasteiger charge is 2.28. The zero-order valence-corrected chi connectivity index (χ0v) is 12.3. The van der Waals surface area contributed by atoms with Gasteiger partial charge in [0, 0.05) is 30.9 Å². The van der Waals surface area contributed by atoms with E-state index in [1.54, 1.807) is 6.20 Å². The Morgan fingerprint density at radius 2 is 2.40 bits per heavy atom. The number of carbonyl (C=O) groups excluding carboxylic acids is 1. The Morgan fingerprint density at radius 1 is 1.60 bits per heavy atom. The van der Waals surface area contributed by atoms with E-state index in [9.17, 15) is 4.79 Å². The van der Waals surface area contributed by atoms with Gasteiger partial charge in [-0.2, -0.15) is 0 Å². The van der Waals surface area contributed by atoms with Gasteiger partial charge in [0.2, 0.25) is 5.91 Å². The minimum Gasteiger partial charge on any atom is -0.331 e. The molecule has 0 aromatic carbocycles. The lowest BCUT2D eigenvalue weighted by Gasteiger charge is -2.37. The van der Waals surface area contributed by atoms with Crippen LogP contribution in [-0.2, 0) is 17.8 Å². The van der Waals surface area contributed by atoms with Gasteiger partial charge >= 0.3 is 0 Å². The maximum absolute atomic E-state index is 12.6. The summed E-state index contributed by atoms with van der Waals surface area (Å²) in [6.07, 6.45) is 12.4. The lowest BCUT2D eigenvalue weighted by Crippen LogP contribution is -2.48. The number of rotatable bonds is 5. The van der Waals surface area contributed by atoms with Crippen molar-refractivity contribution in [2.24, 2.45) is 0 Å². The number of amides is 1. The van der Waals surface area contributed by atoms with Crippen molar-refractivity contribution in [2.75, 3.05) is 0 Å². The Hall–Kier alpha value is -1.84. The van der Waals surface area contributed by atoms with Crippen LogP contribution in [0, 0.1) is 0 Å². The van der Waals surface area contributed by atoms with Crippen LogP contribution in [0.4, 0.5) is 0 Å². The lowest BCUT2D eigenvalue weighted by atomic mass is 10.00. The Bertz CT molecular complexity index is 504. The first-order chi connectivity index (χ1) is 9.67. The first kappa shape index (κ1) is 14.6. The van der Waals surface area contributed by atoms with E-state index in [0.29, 0.717) is 6.54 Å². The summed E-state index contributed by atoms with van der Waals surface area (Å²) >= 11 is 0. The number of aryl methyl sites for hydroxylation is 1. The zero-order valence-electron chi connectivity index (χ0n) is 12.3. The molecule has 0 saturated heterocycles. The number of aromatic nitrogens is 2. The van der Waals surface area contributed by atoms with Crippen molar-refractivity contribution in [1.29, 1.82) is 0 Å². The van der Waals surface area contributed by atoms with E-state index in [1.165, 1.54) is 0 Å². The van der Waals surface area contributed by atoms with Gasteiger partial charge in [-0.15, -0.1) is 6.58 Å². The van der Waals surface area contributed by atoms with Gasteiger partial charge < -0.3 is 9.47 Å². The third kappa shape index (κ3) is 3.00. The second kappa shape index (κ2) is 6.55. The summed E-state index contributed by atoms with van der Waals surface area (Å²) in [6.45, 7) is 8.29. The fraction of sp³-hybridized carbons (Fsp3) is 0.500. The molecule has 4 heteroatoms. The first-order valence-electron chi connectivity index (χ1n) is 7.26. The van der Waals surface area contributed by atoms with Crippen LogP contribution in [0.1, 0.15) is 32.5 Å². The van der Waals surface area contributed by atoms with Gasteiger partial charge in [-0.25, -0.2) is 4.98 Å². The largest absolute Gasteiger partial charge is 0.331 e. The maximum Gasteiger partial charge on any atom is 0.243 e. The van der Waals surface area contributed by atoms with Gasteiger partial charge in [-0.1, -0.05) is 25.2 Å². The Balaban J connectivity index is 2.13. The zero-order chi connectivity index (χ0) is 14.5. The molecule has 0 fully saturated rings. The van der Waals surface area contributed by atoms with Gasteiger partial charge in [0.1, 0.15) is 12.4 Å². The van der Waals surface area contributed by atoms with Crippen LogP contribution in [0.15, 0.2) is 37.2 Å². The third-order valence-electron chi connectivity index (χ3n) is 3.81. The molecule has 1 aliphatic rings. The summed E-state index contributed by atoms with van der Waals surface area (Å²) in [6, 6.07) is 0.378. The van der Waals surface area contributed by atoms with E-state index < -0.39 is 0 Å². The van der Waals surface area contributed by atoms with E-state index in [-0.39, 0.29) is 18.0 Å². The van der Waals surface area contributed by atoms with Crippen molar-refractivity contribution in [3.8, 4) is 0 Å². The molecule has 0 unspecified atom stereocenters. The number of hydrogen-bond donors (Lipinski definition) is 0. The summed E-state index contributed by atoms with van der Waals surface area (Å²) < 4.78 is 1.94. The average molecular weight is 273 g/mol. The molecule has 2 rings (SSSR count). The minimum absolute atomic E-state index is 0.148. The van der Waals surface area contributed by atoms with Gasteiger partial charge in [0.25, 0.3) is 0 Å². The number of imidazole rings is 1. The van der Waals surface area contributed by atoms with Crippen molar-refractivity contribution < 1.29 is 4.79 Å². The van der Waals surface area contributed by atoms with Crippen LogP contribution in [0.25, 0.3) is 0 Å². The monoisotopic (exact) mass is 273 g/mol. The van der Waals surface area contributed by atoms with Crippen molar-refractivity contribution in [1.82, 2.24) is 14.5 Å². The molecule has 0 N–H and O–H groups in total. The molecule has 1 aliphatic heterocycles. The van der Waals surface area contributed by atoms with Gasteiger partial charge in [-0.05, 0) is 19.8 Å². The van der Waals surface area contributed by atoms with Crippen LogP contribution < -0.4 is 0 Å². The van der Waals surface area contributed by atoms with Crippen LogP contribution in [0.5, 0.6) is 0 Å². The summed E-state index contributed by atoms with van der Waals surface area (Å²) in [7, 11) is 0. The Labute approximate surface area is 120 Å². The molecule has 2 heterocycles. The van der Waals surface area contributed by atoms with E-state index >= 15 is 0 Å². The fourth-order valence-corrected chi connectivity index (χ4v) is 2.83. The summed E-state index contributed by atoms with van der Waals surface area (Å²) in [5.41, 5.74) is 0. The minimum atomic E-state index is 0.148. The molecule has 0 radical (unpaired) electrons. The highest BCUT2D eigenvalue weighted by Crippen LogP contribution is 2.21. The van der Waals surface area contributed by atoms with Crippen LogP contribution in [0.3, 0.4) is 0 Å². The summed E-state index contributed by atoms with van der Waals surface area (Å²) in [5.74, 6) is 1.11. The van der Waals surface area contributed by atoms with E-state index in [0.717, 1.165) is 25.1 Å². The second-order valence-electron chi connectivity index (χ2n) is 5.21. The molecule has 1 aromatic rings. The topological polar surface area (TPSA) is 38.1 Å². The maximum atomic E-state index is 12.6. The molecule has 0 aliphatic carbocycles. The molecule has 1 amide bonds. The van der Waals surface area contributed by atoms with Gasteiger partial charge in [0.05, 0.1) is 0 Å². The van der Waals surface area contributed by atoms with Crippen molar-refractivity contribution in [3.63, 3.8) is 0 Å².